The van der Waals surface area contributed by atoms with Gasteiger partial charge < -0.3 is 24.8 Å². The van der Waals surface area contributed by atoms with E-state index in [0.29, 0.717) is 13.2 Å². The first kappa shape index (κ1) is 51.9. The van der Waals surface area contributed by atoms with Gasteiger partial charge in [0, 0.05) is 20.5 Å². The number of rotatable bonds is 18. The van der Waals surface area contributed by atoms with Crippen molar-refractivity contribution in [3.63, 3.8) is 0 Å². The molecule has 0 unspecified atom stereocenters. The molecule has 280 valence electrons. The van der Waals surface area contributed by atoms with Crippen LogP contribution in [0.2, 0.25) is 0 Å². The van der Waals surface area contributed by atoms with Crippen molar-refractivity contribution in [3.05, 3.63) is 69.9 Å². The second-order valence-corrected chi connectivity index (χ2v) is 12.7. The number of carbonyl (C=O) groups is 2. The standard InChI is InChI=1S/C15H27NO2.C12H20O2.C10H18O.C4H11N/c1-6-11-16(5)15(17)18-12-10-14(4)9-7-8-13(2)3;1-10(2)6-5-7-11(3)8-9-14-12(4)13;1-9(2)5-4-6-10(3)7-8-11;1-3-4-5-2/h8,10H,6-7,9,11-12H2,1-5H3;6,8H,5,7,9H2,1-4H3;5,7,11H,4,6,8H2,1-3H3;5H,3-4H2,1-2H3/b14-10+;11-8+;10-7+;. The van der Waals surface area contributed by atoms with Crippen molar-refractivity contribution in [2.24, 2.45) is 0 Å². The van der Waals surface area contributed by atoms with Gasteiger partial charge in [0.25, 0.3) is 0 Å². The minimum atomic E-state index is -0.245. The second-order valence-electron chi connectivity index (χ2n) is 12.7. The average molecular weight is 677 g/mol. The molecule has 0 aromatic rings. The molecule has 0 fully saturated rings. The second kappa shape index (κ2) is 38.5. The first-order valence-corrected chi connectivity index (χ1v) is 17.7. The molecule has 2 N–H and O–H groups in total. The molecule has 0 aliphatic carbocycles. The van der Waals surface area contributed by atoms with Gasteiger partial charge in [-0.25, -0.2) is 4.79 Å². The minimum Gasteiger partial charge on any atom is -0.462 e. The molecule has 0 heterocycles. The van der Waals surface area contributed by atoms with E-state index >= 15 is 0 Å². The number of hydrogen-bond acceptors (Lipinski definition) is 6. The van der Waals surface area contributed by atoms with Crippen molar-refractivity contribution in [1.29, 1.82) is 0 Å². The molecule has 0 rings (SSSR count). The Kier molecular flexibility index (Phi) is 41.7. The van der Waals surface area contributed by atoms with Gasteiger partial charge in [-0.2, -0.15) is 0 Å². The maximum atomic E-state index is 11.5. The molecule has 0 aliphatic heterocycles. The van der Waals surface area contributed by atoms with Crippen molar-refractivity contribution in [1.82, 2.24) is 10.2 Å². The van der Waals surface area contributed by atoms with Crippen LogP contribution in [-0.4, -0.2) is 69.1 Å². The van der Waals surface area contributed by atoms with Crippen LogP contribution in [0.1, 0.15) is 134 Å². The Bertz CT molecular complexity index is 973. The van der Waals surface area contributed by atoms with E-state index in [9.17, 15) is 9.59 Å². The molecule has 0 aliphatic rings. The van der Waals surface area contributed by atoms with Crippen LogP contribution < -0.4 is 5.32 Å². The Morgan fingerprint density at radius 3 is 1.31 bits per heavy atom. The third-order valence-electron chi connectivity index (χ3n) is 6.44. The van der Waals surface area contributed by atoms with Crippen LogP contribution in [0.3, 0.4) is 0 Å². The summed E-state index contributed by atoms with van der Waals surface area (Å²) in [7, 11) is 3.72. The van der Waals surface area contributed by atoms with E-state index < -0.39 is 0 Å². The van der Waals surface area contributed by atoms with Crippen LogP contribution in [0.4, 0.5) is 4.79 Å². The first-order valence-electron chi connectivity index (χ1n) is 17.7. The van der Waals surface area contributed by atoms with Crippen LogP contribution >= 0.6 is 0 Å². The van der Waals surface area contributed by atoms with Crippen LogP contribution in [0.25, 0.3) is 0 Å². The average Bonchev–Trinajstić information content (AvgIpc) is 2.98. The summed E-state index contributed by atoms with van der Waals surface area (Å²) in [5, 5.41) is 11.6. The summed E-state index contributed by atoms with van der Waals surface area (Å²) in [6, 6.07) is 0. The fraction of sp³-hybridized carbons (Fsp3) is 0.659. The zero-order valence-electron chi connectivity index (χ0n) is 33.7. The van der Waals surface area contributed by atoms with Crippen molar-refractivity contribution in [2.75, 3.05) is 47.0 Å². The van der Waals surface area contributed by atoms with Gasteiger partial charge in [0.15, 0.2) is 0 Å². The van der Waals surface area contributed by atoms with Crippen molar-refractivity contribution in [3.8, 4) is 0 Å². The summed E-state index contributed by atoms with van der Waals surface area (Å²) in [4.78, 5) is 23.6. The Balaban J connectivity index is -0.000000289. The lowest BCUT2D eigenvalue weighted by Gasteiger charge is -2.15. The number of amides is 1. The normalized spacial score (nSPS) is 10.9. The molecule has 0 aromatic heterocycles. The summed E-state index contributed by atoms with van der Waals surface area (Å²) < 4.78 is 9.96. The molecule has 0 aromatic carbocycles. The Morgan fingerprint density at radius 2 is 1.02 bits per heavy atom. The molecule has 48 heavy (non-hydrogen) atoms. The molecule has 1 amide bonds. The van der Waals surface area contributed by atoms with Crippen molar-refractivity contribution < 1.29 is 24.2 Å². The lowest BCUT2D eigenvalue weighted by Crippen LogP contribution is -2.28. The van der Waals surface area contributed by atoms with Crippen molar-refractivity contribution >= 4 is 12.1 Å². The van der Waals surface area contributed by atoms with Gasteiger partial charge in [0.2, 0.25) is 0 Å². The van der Waals surface area contributed by atoms with Crippen LogP contribution in [0, 0.1) is 0 Å². The molecule has 7 nitrogen and oxygen atoms in total. The maximum absolute atomic E-state index is 11.5. The zero-order chi connectivity index (χ0) is 37.8. The number of ether oxygens (including phenoxy) is 2. The number of aliphatic hydroxyl groups is 1. The molecule has 0 atom stereocenters. The van der Waals surface area contributed by atoms with E-state index in [2.05, 4.69) is 92.8 Å². The molecular formula is C41H76N2O5. The molecule has 0 spiro atoms. The highest BCUT2D eigenvalue weighted by atomic mass is 16.6. The van der Waals surface area contributed by atoms with Crippen LogP contribution in [0.5, 0.6) is 0 Å². The number of aliphatic hydroxyl groups excluding tert-OH is 1. The number of allylic oxidation sites excluding steroid dienone is 9. The summed E-state index contributed by atoms with van der Waals surface area (Å²) in [6.07, 6.45) is 20.7. The highest BCUT2D eigenvalue weighted by molar-refractivity contribution is 5.67. The Labute approximate surface area is 297 Å². The van der Waals surface area contributed by atoms with Gasteiger partial charge in [-0.15, -0.1) is 0 Å². The quantitative estimate of drug-likeness (QED) is 0.111. The number of nitrogens with one attached hydrogen (secondary N) is 1. The molecule has 0 radical (unpaired) electrons. The minimum absolute atomic E-state index is 0.167. The van der Waals surface area contributed by atoms with Gasteiger partial charge in [0.1, 0.15) is 13.2 Å². The molecule has 0 bridgehead atoms. The monoisotopic (exact) mass is 677 g/mol. The van der Waals surface area contributed by atoms with Crippen LogP contribution in [-0.2, 0) is 14.3 Å². The predicted molar refractivity (Wildman–Crippen MR) is 209 cm³/mol. The molecule has 0 saturated heterocycles. The fourth-order valence-corrected chi connectivity index (χ4v) is 3.57. The van der Waals surface area contributed by atoms with E-state index in [0.717, 1.165) is 58.0 Å². The Hall–Kier alpha value is -2.90. The number of carbonyl (C=O) groups excluding carboxylic acids is 2. The molecule has 7 heteroatoms. The van der Waals surface area contributed by atoms with Gasteiger partial charge >= 0.3 is 12.1 Å². The number of nitrogens with zero attached hydrogens (tertiary/aromatic N) is 1. The number of hydrogen-bond donors (Lipinski definition) is 2. The SMILES string of the molecule is CC(=O)OC/C=C(\C)CCC=C(C)C.CC(C)=CCC/C(C)=C/CO.CCCN(C)C(=O)OC/C=C(\C)CCC=C(C)C.CCCNC. The highest BCUT2D eigenvalue weighted by Gasteiger charge is 2.07. The molecular weight excluding hydrogens is 600 g/mol. The van der Waals surface area contributed by atoms with Gasteiger partial charge in [-0.05, 0) is 139 Å². The summed E-state index contributed by atoms with van der Waals surface area (Å²) in [6.45, 7) is 27.2. The van der Waals surface area contributed by atoms with E-state index in [1.807, 2.05) is 32.2 Å². The fourth-order valence-electron chi connectivity index (χ4n) is 3.57. The third kappa shape index (κ3) is 50.0. The third-order valence-corrected chi connectivity index (χ3v) is 6.44. The Morgan fingerprint density at radius 1 is 0.625 bits per heavy atom. The van der Waals surface area contributed by atoms with E-state index in [4.69, 9.17) is 14.6 Å². The summed E-state index contributed by atoms with van der Waals surface area (Å²) in [5.74, 6) is -0.224. The molecule has 0 saturated carbocycles. The van der Waals surface area contributed by atoms with Gasteiger partial charge in [-0.3, -0.25) is 4.79 Å². The van der Waals surface area contributed by atoms with Crippen molar-refractivity contribution in [2.45, 2.75) is 134 Å². The predicted octanol–water partition coefficient (Wildman–Crippen LogP) is 10.7. The number of esters is 1. The topological polar surface area (TPSA) is 88.1 Å². The lowest BCUT2D eigenvalue weighted by atomic mass is 10.1. The summed E-state index contributed by atoms with van der Waals surface area (Å²) >= 11 is 0. The maximum Gasteiger partial charge on any atom is 0.409 e. The highest BCUT2D eigenvalue weighted by Crippen LogP contribution is 2.08. The first-order chi connectivity index (χ1) is 22.6. The smallest absolute Gasteiger partial charge is 0.409 e. The zero-order valence-corrected chi connectivity index (χ0v) is 33.7. The van der Waals surface area contributed by atoms with Gasteiger partial charge in [0.05, 0.1) is 6.61 Å². The largest absolute Gasteiger partial charge is 0.462 e. The van der Waals surface area contributed by atoms with E-state index in [1.165, 1.54) is 46.8 Å². The van der Waals surface area contributed by atoms with E-state index in [1.54, 1.807) is 11.9 Å². The summed E-state index contributed by atoms with van der Waals surface area (Å²) in [5.41, 5.74) is 7.85. The van der Waals surface area contributed by atoms with Gasteiger partial charge in [-0.1, -0.05) is 71.6 Å². The lowest BCUT2D eigenvalue weighted by molar-refractivity contribution is -0.139. The van der Waals surface area contributed by atoms with Crippen LogP contribution in [0.15, 0.2) is 69.9 Å². The van der Waals surface area contributed by atoms with E-state index in [-0.39, 0.29) is 18.7 Å².